The average molecular weight is 334 g/mol. The molecule has 2 aliphatic heterocycles. The molecule has 0 radical (unpaired) electrons. The summed E-state index contributed by atoms with van der Waals surface area (Å²) in [6, 6.07) is 9.75. The number of carbonyl (C=O) groups excluding carboxylic acids is 1. The first-order chi connectivity index (χ1) is 11.2. The number of hydrogen-bond donors (Lipinski definition) is 1. The summed E-state index contributed by atoms with van der Waals surface area (Å²) in [6.07, 6.45) is 4.81. The minimum Gasteiger partial charge on any atom is -0.497 e. The minimum atomic E-state index is 0.178. The van der Waals surface area contributed by atoms with Crippen LogP contribution in [-0.2, 0) is 10.5 Å². The van der Waals surface area contributed by atoms with Crippen molar-refractivity contribution in [2.75, 3.05) is 19.9 Å². The van der Waals surface area contributed by atoms with Gasteiger partial charge >= 0.3 is 0 Å². The van der Waals surface area contributed by atoms with Crippen molar-refractivity contribution in [2.24, 2.45) is 0 Å². The molecule has 3 rings (SSSR count). The van der Waals surface area contributed by atoms with Gasteiger partial charge in [0.2, 0.25) is 5.91 Å². The molecule has 1 unspecified atom stereocenters. The molecular weight excluding hydrogens is 308 g/mol. The van der Waals surface area contributed by atoms with Gasteiger partial charge in [0.1, 0.15) is 5.75 Å². The number of piperidine rings is 1. The summed E-state index contributed by atoms with van der Waals surface area (Å²) in [7, 11) is 3.90. The molecule has 5 heteroatoms. The van der Waals surface area contributed by atoms with Crippen LogP contribution in [-0.4, -0.2) is 48.8 Å². The van der Waals surface area contributed by atoms with Crippen LogP contribution in [0.4, 0.5) is 0 Å². The van der Waals surface area contributed by atoms with Crippen LogP contribution in [0.2, 0.25) is 0 Å². The zero-order chi connectivity index (χ0) is 16.2. The van der Waals surface area contributed by atoms with Crippen LogP contribution >= 0.6 is 11.8 Å². The van der Waals surface area contributed by atoms with E-state index in [1.165, 1.54) is 18.4 Å². The summed E-state index contributed by atoms with van der Waals surface area (Å²) in [6.45, 7) is 0. The van der Waals surface area contributed by atoms with Crippen LogP contribution in [0.3, 0.4) is 0 Å². The second-order valence-electron chi connectivity index (χ2n) is 6.63. The van der Waals surface area contributed by atoms with Gasteiger partial charge < -0.3 is 15.0 Å². The lowest BCUT2D eigenvalue weighted by Crippen LogP contribution is -2.49. The monoisotopic (exact) mass is 334 g/mol. The predicted octanol–water partition coefficient (Wildman–Crippen LogP) is 2.67. The number of fused-ring (bicyclic) bond motifs is 2. The Hall–Kier alpha value is -1.20. The highest BCUT2D eigenvalue weighted by Crippen LogP contribution is 2.34. The van der Waals surface area contributed by atoms with Crippen molar-refractivity contribution in [3.63, 3.8) is 0 Å². The molecule has 1 aromatic rings. The first-order valence-electron chi connectivity index (χ1n) is 8.37. The smallest absolute Gasteiger partial charge is 0.230 e. The Balaban J connectivity index is 1.38. The van der Waals surface area contributed by atoms with Crippen molar-refractivity contribution in [3.8, 4) is 5.75 Å². The van der Waals surface area contributed by atoms with Crippen molar-refractivity contribution >= 4 is 17.7 Å². The highest BCUT2D eigenvalue weighted by molar-refractivity contribution is 7.99. The first kappa shape index (κ1) is 16.7. The Bertz CT molecular complexity index is 520. The Morgan fingerprint density at radius 3 is 2.52 bits per heavy atom. The Labute approximate surface area is 143 Å². The van der Waals surface area contributed by atoms with Crippen molar-refractivity contribution in [3.05, 3.63) is 29.8 Å². The number of ether oxygens (including phenoxy) is 1. The molecule has 2 saturated heterocycles. The van der Waals surface area contributed by atoms with E-state index < -0.39 is 0 Å². The van der Waals surface area contributed by atoms with Crippen LogP contribution in [0.1, 0.15) is 31.2 Å². The van der Waals surface area contributed by atoms with E-state index in [0.29, 0.717) is 23.9 Å². The maximum Gasteiger partial charge on any atom is 0.230 e. The molecule has 0 saturated carbocycles. The van der Waals surface area contributed by atoms with Crippen molar-refractivity contribution < 1.29 is 9.53 Å². The van der Waals surface area contributed by atoms with Gasteiger partial charge in [0, 0.05) is 23.9 Å². The second kappa shape index (κ2) is 7.58. The number of thioether (sulfide) groups is 1. The molecule has 0 aliphatic carbocycles. The van der Waals surface area contributed by atoms with E-state index in [1.807, 2.05) is 12.1 Å². The third-order valence-corrected chi connectivity index (χ3v) is 6.13. The van der Waals surface area contributed by atoms with Gasteiger partial charge in [-0.2, -0.15) is 0 Å². The van der Waals surface area contributed by atoms with Gasteiger partial charge in [0.25, 0.3) is 0 Å². The summed E-state index contributed by atoms with van der Waals surface area (Å²) < 4.78 is 5.15. The Morgan fingerprint density at radius 2 is 1.91 bits per heavy atom. The van der Waals surface area contributed by atoms with Gasteiger partial charge in [-0.15, -0.1) is 11.8 Å². The fourth-order valence-electron chi connectivity index (χ4n) is 3.78. The summed E-state index contributed by atoms with van der Waals surface area (Å²) in [4.78, 5) is 14.7. The molecule has 1 amide bonds. The van der Waals surface area contributed by atoms with Gasteiger partial charge in [0.15, 0.2) is 0 Å². The summed E-state index contributed by atoms with van der Waals surface area (Å²) in [5.74, 6) is 2.44. The molecule has 2 heterocycles. The highest BCUT2D eigenvalue weighted by atomic mass is 32.2. The predicted molar refractivity (Wildman–Crippen MR) is 94.9 cm³/mol. The Morgan fingerprint density at radius 1 is 1.26 bits per heavy atom. The van der Waals surface area contributed by atoms with E-state index in [2.05, 4.69) is 29.4 Å². The number of nitrogens with zero attached hydrogens (tertiary/aromatic N) is 1. The largest absolute Gasteiger partial charge is 0.497 e. The van der Waals surface area contributed by atoms with Crippen molar-refractivity contribution in [2.45, 2.75) is 49.6 Å². The maximum atomic E-state index is 12.2. The molecule has 2 aliphatic rings. The fourth-order valence-corrected chi connectivity index (χ4v) is 4.58. The van der Waals surface area contributed by atoms with Crippen LogP contribution in [0.5, 0.6) is 5.75 Å². The number of benzene rings is 1. The maximum absolute atomic E-state index is 12.2. The molecule has 0 aromatic heterocycles. The zero-order valence-corrected chi connectivity index (χ0v) is 14.8. The SMILES string of the molecule is COc1ccc(CSCC(=O)NC2C[C@H]3CC[C@@H](C2)N3C)cc1. The molecule has 3 atom stereocenters. The second-order valence-corrected chi connectivity index (χ2v) is 7.61. The third-order valence-electron chi connectivity index (χ3n) is 5.12. The quantitative estimate of drug-likeness (QED) is 0.868. The lowest BCUT2D eigenvalue weighted by molar-refractivity contribution is -0.119. The molecule has 126 valence electrons. The standard InChI is InChI=1S/C18H26N2O2S/c1-20-15-5-6-16(20)10-14(9-15)19-18(21)12-23-11-13-3-7-17(22-2)8-4-13/h3-4,7-8,14-16H,5-6,9-12H2,1-2H3,(H,19,21)/t14?,15-,16+. The first-order valence-corrected chi connectivity index (χ1v) is 9.53. The lowest BCUT2D eigenvalue weighted by atomic mass is 9.98. The molecular formula is C18H26N2O2S. The summed E-state index contributed by atoms with van der Waals surface area (Å²) >= 11 is 1.67. The van der Waals surface area contributed by atoms with Crippen LogP contribution in [0.15, 0.2) is 24.3 Å². The molecule has 2 fully saturated rings. The van der Waals surface area contributed by atoms with E-state index in [-0.39, 0.29) is 5.91 Å². The molecule has 1 aromatic carbocycles. The highest BCUT2D eigenvalue weighted by Gasteiger charge is 2.38. The average Bonchev–Trinajstić information content (AvgIpc) is 2.76. The summed E-state index contributed by atoms with van der Waals surface area (Å²) in [5, 5.41) is 3.24. The minimum absolute atomic E-state index is 0.178. The number of carbonyl (C=O) groups is 1. The zero-order valence-electron chi connectivity index (χ0n) is 14.0. The lowest BCUT2D eigenvalue weighted by Gasteiger charge is -2.36. The molecule has 0 spiro atoms. The number of amides is 1. The van der Waals surface area contributed by atoms with Gasteiger partial charge in [-0.05, 0) is 50.4 Å². The van der Waals surface area contributed by atoms with Gasteiger partial charge in [0.05, 0.1) is 12.9 Å². The molecule has 2 bridgehead atoms. The topological polar surface area (TPSA) is 41.6 Å². The number of hydrogen-bond acceptors (Lipinski definition) is 4. The van der Waals surface area contributed by atoms with Crippen LogP contribution < -0.4 is 10.1 Å². The van der Waals surface area contributed by atoms with Crippen molar-refractivity contribution in [1.29, 1.82) is 0 Å². The van der Waals surface area contributed by atoms with Crippen LogP contribution in [0.25, 0.3) is 0 Å². The molecule has 1 N–H and O–H groups in total. The van der Waals surface area contributed by atoms with E-state index >= 15 is 0 Å². The van der Waals surface area contributed by atoms with Gasteiger partial charge in [-0.25, -0.2) is 0 Å². The van der Waals surface area contributed by atoms with E-state index in [0.717, 1.165) is 24.3 Å². The van der Waals surface area contributed by atoms with Gasteiger partial charge in [-0.3, -0.25) is 4.79 Å². The fraction of sp³-hybridized carbons (Fsp3) is 0.611. The van der Waals surface area contributed by atoms with Crippen molar-refractivity contribution in [1.82, 2.24) is 10.2 Å². The van der Waals surface area contributed by atoms with E-state index in [4.69, 9.17) is 4.74 Å². The van der Waals surface area contributed by atoms with Crippen LogP contribution in [0, 0.1) is 0 Å². The number of rotatable bonds is 6. The molecule has 23 heavy (non-hydrogen) atoms. The molecule has 4 nitrogen and oxygen atoms in total. The number of nitrogens with one attached hydrogen (secondary N) is 1. The normalized spacial score (nSPS) is 27.0. The Kier molecular flexibility index (Phi) is 5.49. The van der Waals surface area contributed by atoms with E-state index in [1.54, 1.807) is 18.9 Å². The third kappa shape index (κ3) is 4.21. The summed E-state index contributed by atoms with van der Waals surface area (Å²) in [5.41, 5.74) is 1.22. The van der Waals surface area contributed by atoms with E-state index in [9.17, 15) is 4.79 Å². The van der Waals surface area contributed by atoms with Gasteiger partial charge in [-0.1, -0.05) is 12.1 Å². The number of methoxy groups -OCH3 is 1.